The molecule has 0 bridgehead atoms. The Bertz CT molecular complexity index is 637. The molecule has 0 aliphatic carbocycles. The zero-order valence-corrected chi connectivity index (χ0v) is 13.2. The number of rotatable bonds is 6. The average Bonchev–Trinajstić information content (AvgIpc) is 2.36. The minimum atomic E-state index is -3.78. The summed E-state index contributed by atoms with van der Waals surface area (Å²) in [6.45, 7) is 2.71. The number of carbonyl (C=O) groups excluding carboxylic acids is 1. The van der Waals surface area contributed by atoms with Crippen LogP contribution in [0.15, 0.2) is 29.2 Å². The molecule has 1 aromatic rings. The van der Waals surface area contributed by atoms with E-state index >= 15 is 0 Å². The van der Waals surface area contributed by atoms with Gasteiger partial charge in [-0.3, -0.25) is 9.59 Å². The smallest absolute Gasteiger partial charge is 0.310 e. The topological polar surface area (TPSA) is 101 Å². The van der Waals surface area contributed by atoms with Crippen LogP contribution in [0.4, 0.5) is 0 Å². The molecule has 1 rings (SSSR count). The van der Waals surface area contributed by atoms with Gasteiger partial charge in [-0.25, -0.2) is 8.42 Å². The lowest BCUT2D eigenvalue weighted by atomic mass is 9.94. The van der Waals surface area contributed by atoms with Crippen molar-refractivity contribution in [2.45, 2.75) is 18.7 Å². The summed E-state index contributed by atoms with van der Waals surface area (Å²) >= 11 is 5.67. The van der Waals surface area contributed by atoms with Crippen LogP contribution in [0.5, 0.6) is 0 Å². The Morgan fingerprint density at radius 1 is 1.24 bits per heavy atom. The first-order valence-electron chi connectivity index (χ1n) is 6.03. The number of halogens is 1. The Morgan fingerprint density at radius 3 is 2.24 bits per heavy atom. The SMILES string of the molecule is CC(C)(CNC(=O)CS(=O)(=O)c1ccc(Cl)cc1)C(=O)O. The maximum Gasteiger partial charge on any atom is 0.310 e. The van der Waals surface area contributed by atoms with Crippen LogP contribution in [0.2, 0.25) is 5.02 Å². The first kappa shape index (κ1) is 17.5. The van der Waals surface area contributed by atoms with Crippen molar-refractivity contribution in [1.29, 1.82) is 0 Å². The zero-order valence-electron chi connectivity index (χ0n) is 11.6. The monoisotopic (exact) mass is 333 g/mol. The summed E-state index contributed by atoms with van der Waals surface area (Å²) in [4.78, 5) is 22.5. The molecule has 116 valence electrons. The number of aliphatic carboxylic acids is 1. The molecule has 0 heterocycles. The van der Waals surface area contributed by atoms with Gasteiger partial charge in [0.2, 0.25) is 5.91 Å². The van der Waals surface area contributed by atoms with E-state index in [9.17, 15) is 18.0 Å². The number of carboxylic acids is 1. The van der Waals surface area contributed by atoms with Gasteiger partial charge in [-0.05, 0) is 38.1 Å². The molecule has 0 saturated heterocycles. The van der Waals surface area contributed by atoms with Crippen LogP contribution in [0.1, 0.15) is 13.8 Å². The van der Waals surface area contributed by atoms with E-state index in [-0.39, 0.29) is 11.4 Å². The molecule has 0 unspecified atom stereocenters. The van der Waals surface area contributed by atoms with E-state index in [2.05, 4.69) is 5.32 Å². The van der Waals surface area contributed by atoms with Gasteiger partial charge in [0.15, 0.2) is 9.84 Å². The maximum atomic E-state index is 12.0. The van der Waals surface area contributed by atoms with Crippen LogP contribution in [0.3, 0.4) is 0 Å². The molecule has 21 heavy (non-hydrogen) atoms. The normalized spacial score (nSPS) is 12.0. The molecule has 1 aromatic carbocycles. The van der Waals surface area contributed by atoms with Gasteiger partial charge in [0.25, 0.3) is 0 Å². The van der Waals surface area contributed by atoms with Crippen LogP contribution in [-0.2, 0) is 19.4 Å². The maximum absolute atomic E-state index is 12.0. The van der Waals surface area contributed by atoms with Crippen molar-refractivity contribution >= 4 is 33.3 Å². The van der Waals surface area contributed by atoms with Gasteiger partial charge >= 0.3 is 5.97 Å². The zero-order chi connectivity index (χ0) is 16.3. The molecule has 0 fully saturated rings. The van der Waals surface area contributed by atoms with Gasteiger partial charge in [-0.2, -0.15) is 0 Å². The van der Waals surface area contributed by atoms with E-state index in [4.69, 9.17) is 16.7 Å². The summed E-state index contributed by atoms with van der Waals surface area (Å²) in [5.41, 5.74) is -1.17. The second kappa shape index (κ2) is 6.44. The molecular formula is C13H16ClNO5S. The molecule has 0 spiro atoms. The van der Waals surface area contributed by atoms with Crippen LogP contribution in [0, 0.1) is 5.41 Å². The third kappa shape index (κ3) is 5.02. The predicted molar refractivity (Wildman–Crippen MR) is 77.9 cm³/mol. The number of hydrogen-bond donors (Lipinski definition) is 2. The van der Waals surface area contributed by atoms with Crippen molar-refractivity contribution in [3.05, 3.63) is 29.3 Å². The van der Waals surface area contributed by atoms with Crippen molar-refractivity contribution in [1.82, 2.24) is 5.32 Å². The summed E-state index contributed by atoms with van der Waals surface area (Å²) in [7, 11) is -3.78. The lowest BCUT2D eigenvalue weighted by Crippen LogP contribution is -2.41. The third-order valence-electron chi connectivity index (χ3n) is 2.80. The van der Waals surface area contributed by atoms with Crippen molar-refractivity contribution in [3.8, 4) is 0 Å². The van der Waals surface area contributed by atoms with E-state index in [0.717, 1.165) is 0 Å². The molecule has 0 aliphatic rings. The van der Waals surface area contributed by atoms with E-state index in [1.54, 1.807) is 0 Å². The van der Waals surface area contributed by atoms with Gasteiger partial charge in [-0.15, -0.1) is 0 Å². The highest BCUT2D eigenvalue weighted by atomic mass is 35.5. The largest absolute Gasteiger partial charge is 0.481 e. The van der Waals surface area contributed by atoms with E-state index in [1.165, 1.54) is 38.1 Å². The van der Waals surface area contributed by atoms with Crippen molar-refractivity contribution in [2.24, 2.45) is 5.41 Å². The summed E-state index contributed by atoms with van der Waals surface area (Å²) in [5, 5.41) is 11.6. The molecule has 1 amide bonds. The van der Waals surface area contributed by atoms with Crippen molar-refractivity contribution in [2.75, 3.05) is 12.3 Å². The van der Waals surface area contributed by atoms with Gasteiger partial charge in [0, 0.05) is 11.6 Å². The highest BCUT2D eigenvalue weighted by molar-refractivity contribution is 7.92. The molecule has 2 N–H and O–H groups in total. The molecule has 0 radical (unpaired) electrons. The second-order valence-corrected chi connectivity index (χ2v) is 7.60. The van der Waals surface area contributed by atoms with Gasteiger partial charge in [0.05, 0.1) is 10.3 Å². The molecule has 0 aliphatic heterocycles. The standard InChI is InChI=1S/C13H16ClNO5S/c1-13(2,12(17)18)8-15-11(16)7-21(19,20)10-5-3-9(14)4-6-10/h3-6H,7-8H2,1-2H3,(H,15,16)(H,17,18). The van der Waals surface area contributed by atoms with Gasteiger partial charge < -0.3 is 10.4 Å². The molecule has 0 aromatic heterocycles. The number of nitrogens with one attached hydrogen (secondary N) is 1. The molecular weight excluding hydrogens is 318 g/mol. The van der Waals surface area contributed by atoms with Crippen molar-refractivity contribution < 1.29 is 23.1 Å². The third-order valence-corrected chi connectivity index (χ3v) is 4.68. The first-order valence-corrected chi connectivity index (χ1v) is 8.06. The van der Waals surface area contributed by atoms with Gasteiger partial charge in [-0.1, -0.05) is 11.6 Å². The number of amides is 1. The Hall–Kier alpha value is -1.60. The fourth-order valence-corrected chi connectivity index (χ4v) is 2.63. The molecule has 8 heteroatoms. The minimum Gasteiger partial charge on any atom is -0.481 e. The minimum absolute atomic E-state index is 0.0143. The lowest BCUT2D eigenvalue weighted by Gasteiger charge is -2.19. The molecule has 0 atom stereocenters. The number of hydrogen-bond acceptors (Lipinski definition) is 4. The van der Waals surface area contributed by atoms with Crippen molar-refractivity contribution in [3.63, 3.8) is 0 Å². The van der Waals surface area contributed by atoms with Gasteiger partial charge in [0.1, 0.15) is 5.75 Å². The number of carbonyl (C=O) groups is 2. The molecule has 0 saturated carbocycles. The van der Waals surface area contributed by atoms with E-state index < -0.39 is 32.9 Å². The van der Waals surface area contributed by atoms with E-state index in [1.807, 2.05) is 0 Å². The highest BCUT2D eigenvalue weighted by Crippen LogP contribution is 2.16. The number of sulfone groups is 1. The van der Waals surface area contributed by atoms with Crippen LogP contribution in [0.25, 0.3) is 0 Å². The quantitative estimate of drug-likeness (QED) is 0.818. The Morgan fingerprint density at radius 2 is 1.76 bits per heavy atom. The lowest BCUT2D eigenvalue weighted by molar-refractivity contribution is -0.146. The van der Waals surface area contributed by atoms with E-state index in [0.29, 0.717) is 5.02 Å². The average molecular weight is 334 g/mol. The van der Waals surface area contributed by atoms with Crippen LogP contribution in [-0.4, -0.2) is 37.7 Å². The summed E-state index contributed by atoms with van der Waals surface area (Å²) < 4.78 is 24.0. The summed E-state index contributed by atoms with van der Waals surface area (Å²) in [6, 6.07) is 5.46. The Balaban J connectivity index is 2.70. The van der Waals surface area contributed by atoms with Crippen LogP contribution >= 0.6 is 11.6 Å². The fraction of sp³-hybridized carbons (Fsp3) is 0.385. The first-order chi connectivity index (χ1) is 9.54. The summed E-state index contributed by atoms with van der Waals surface area (Å²) in [6.07, 6.45) is 0. The predicted octanol–water partition coefficient (Wildman–Crippen LogP) is 1.34. The fourth-order valence-electron chi connectivity index (χ4n) is 1.34. The van der Waals surface area contributed by atoms with Crippen LogP contribution < -0.4 is 5.32 Å². The highest BCUT2D eigenvalue weighted by Gasteiger charge is 2.28. The summed E-state index contributed by atoms with van der Waals surface area (Å²) in [5.74, 6) is -2.58. The Labute approximate surface area is 128 Å². The number of benzene rings is 1. The molecule has 6 nitrogen and oxygen atoms in total. The second-order valence-electron chi connectivity index (χ2n) is 5.18. The number of carboxylic acid groups (broad SMARTS) is 1. The Kier molecular flexibility index (Phi) is 5.36.